The molecule has 2 aliphatic rings. The molecule has 0 spiro atoms. The number of fused-ring (bicyclic) bond motifs is 2. The molecule has 2 bridgehead atoms. The van der Waals surface area contributed by atoms with Gasteiger partial charge in [0.05, 0.1) is 10.4 Å². The highest BCUT2D eigenvalue weighted by Gasteiger charge is 2.59. The summed E-state index contributed by atoms with van der Waals surface area (Å²) in [5.41, 5.74) is 7.87. The van der Waals surface area contributed by atoms with Crippen molar-refractivity contribution in [2.75, 3.05) is 0 Å². The molecular weight excluding hydrogens is 364 g/mol. The zero-order chi connectivity index (χ0) is 19.4. The van der Waals surface area contributed by atoms with Gasteiger partial charge in [-0.05, 0) is 37.0 Å². The normalized spacial score (nSPS) is 27.4. The lowest BCUT2D eigenvalue weighted by atomic mass is 9.87. The van der Waals surface area contributed by atoms with E-state index >= 15 is 0 Å². The van der Waals surface area contributed by atoms with Crippen molar-refractivity contribution in [2.24, 2.45) is 5.73 Å². The van der Waals surface area contributed by atoms with Gasteiger partial charge in [-0.3, -0.25) is 9.35 Å². The molecule has 1 aliphatic carbocycles. The smallest absolute Gasteiger partial charge is 0.294 e. The van der Waals surface area contributed by atoms with Crippen LogP contribution in [0.1, 0.15) is 35.4 Å². The Hall–Kier alpha value is -2.22. The Labute approximate surface area is 158 Å². The van der Waals surface area contributed by atoms with Crippen LogP contribution in [0, 0.1) is 6.92 Å². The number of benzene rings is 2. The van der Waals surface area contributed by atoms with Gasteiger partial charge in [-0.2, -0.15) is 8.42 Å². The van der Waals surface area contributed by atoms with E-state index in [4.69, 9.17) is 5.73 Å². The second kappa shape index (κ2) is 6.15. The Balaban J connectivity index is 1.74. The first-order chi connectivity index (χ1) is 12.7. The highest BCUT2D eigenvalue weighted by Crippen LogP contribution is 2.50. The number of rotatable bonds is 4. The number of carbonyl (C=O) groups excluding carboxylic acids is 1. The SMILES string of the molecule is Cc1ccc(S(=O)(=O)O)c(C2CC3(N)CC2N(Cc2ccccc2)C3=O)c1. The Morgan fingerprint density at radius 1 is 1.19 bits per heavy atom. The average molecular weight is 386 g/mol. The molecule has 3 atom stereocenters. The standard InChI is InChI=1S/C20H22N2O4S/c1-13-7-8-18(27(24,25)26)15(9-13)16-10-20(21)11-17(16)22(19(20)23)12-14-5-3-2-4-6-14/h2-9,16-17H,10-12,21H2,1H3,(H,24,25,26). The van der Waals surface area contributed by atoms with Crippen molar-refractivity contribution in [3.63, 3.8) is 0 Å². The maximum atomic E-state index is 12.9. The van der Waals surface area contributed by atoms with Gasteiger partial charge in [0.15, 0.2) is 0 Å². The van der Waals surface area contributed by atoms with E-state index in [0.29, 0.717) is 24.9 Å². The molecule has 0 aromatic heterocycles. The van der Waals surface area contributed by atoms with Crippen molar-refractivity contribution >= 4 is 16.0 Å². The topological polar surface area (TPSA) is 101 Å². The predicted molar refractivity (Wildman–Crippen MR) is 101 cm³/mol. The van der Waals surface area contributed by atoms with Crippen molar-refractivity contribution < 1.29 is 17.8 Å². The summed E-state index contributed by atoms with van der Waals surface area (Å²) in [5.74, 6) is -0.318. The van der Waals surface area contributed by atoms with Gasteiger partial charge < -0.3 is 10.6 Å². The Morgan fingerprint density at radius 3 is 2.52 bits per heavy atom. The van der Waals surface area contributed by atoms with Crippen molar-refractivity contribution in [3.8, 4) is 0 Å². The number of piperidine rings is 1. The molecule has 1 amide bonds. The fraction of sp³-hybridized carbons (Fsp3) is 0.350. The fourth-order valence-electron chi connectivity index (χ4n) is 4.54. The second-order valence-electron chi connectivity index (χ2n) is 7.67. The molecule has 2 fully saturated rings. The van der Waals surface area contributed by atoms with E-state index in [1.807, 2.05) is 37.3 Å². The number of amides is 1. The summed E-state index contributed by atoms with van der Waals surface area (Å²) < 4.78 is 33.4. The largest absolute Gasteiger partial charge is 0.333 e. The molecule has 0 radical (unpaired) electrons. The van der Waals surface area contributed by atoms with Gasteiger partial charge >= 0.3 is 0 Å². The lowest BCUT2D eigenvalue weighted by molar-refractivity contribution is -0.136. The van der Waals surface area contributed by atoms with Crippen molar-refractivity contribution in [2.45, 2.75) is 48.7 Å². The Morgan fingerprint density at radius 2 is 1.89 bits per heavy atom. The predicted octanol–water partition coefficient (Wildman–Crippen LogP) is 2.23. The molecule has 6 nitrogen and oxygen atoms in total. The minimum absolute atomic E-state index is 0.0892. The van der Waals surface area contributed by atoms with Crippen LogP contribution in [-0.4, -0.2) is 35.4 Å². The van der Waals surface area contributed by atoms with E-state index in [1.165, 1.54) is 6.07 Å². The molecule has 1 saturated carbocycles. The first kappa shape index (κ1) is 18.2. The first-order valence-corrected chi connectivity index (χ1v) is 10.3. The van der Waals surface area contributed by atoms with E-state index in [2.05, 4.69) is 0 Å². The maximum Gasteiger partial charge on any atom is 0.294 e. The molecule has 3 N–H and O–H groups in total. The molecule has 27 heavy (non-hydrogen) atoms. The summed E-state index contributed by atoms with van der Waals surface area (Å²) in [4.78, 5) is 14.5. The Kier molecular flexibility index (Phi) is 4.14. The number of likely N-dealkylation sites (tertiary alicyclic amines) is 1. The Bertz CT molecular complexity index is 1010. The van der Waals surface area contributed by atoms with Gasteiger partial charge in [-0.25, -0.2) is 0 Å². The number of hydrogen-bond acceptors (Lipinski definition) is 4. The average Bonchev–Trinajstić information content (AvgIpc) is 3.07. The van der Waals surface area contributed by atoms with Gasteiger partial charge in [0.25, 0.3) is 10.1 Å². The monoisotopic (exact) mass is 386 g/mol. The minimum atomic E-state index is -4.36. The van der Waals surface area contributed by atoms with Gasteiger partial charge in [0.1, 0.15) is 0 Å². The number of aryl methyl sites for hydroxylation is 1. The number of hydrogen-bond donors (Lipinski definition) is 2. The van der Waals surface area contributed by atoms with E-state index in [-0.39, 0.29) is 22.8 Å². The number of nitrogens with two attached hydrogens (primary N) is 1. The summed E-state index contributed by atoms with van der Waals surface area (Å²) in [6.07, 6.45) is 0.871. The van der Waals surface area contributed by atoms with E-state index in [0.717, 1.165) is 11.1 Å². The van der Waals surface area contributed by atoms with Crippen LogP contribution in [0.3, 0.4) is 0 Å². The quantitative estimate of drug-likeness (QED) is 0.785. The first-order valence-electron chi connectivity index (χ1n) is 8.91. The van der Waals surface area contributed by atoms with Crippen LogP contribution in [0.25, 0.3) is 0 Å². The van der Waals surface area contributed by atoms with Crippen molar-refractivity contribution in [1.29, 1.82) is 0 Å². The zero-order valence-corrected chi connectivity index (χ0v) is 15.8. The zero-order valence-electron chi connectivity index (χ0n) is 15.0. The van der Waals surface area contributed by atoms with Gasteiger partial charge in [-0.15, -0.1) is 0 Å². The molecule has 1 heterocycles. The highest BCUT2D eigenvalue weighted by atomic mass is 32.2. The molecular formula is C20H22N2O4S. The fourth-order valence-corrected chi connectivity index (χ4v) is 5.29. The molecule has 7 heteroatoms. The lowest BCUT2D eigenvalue weighted by Gasteiger charge is -2.36. The van der Waals surface area contributed by atoms with Crippen LogP contribution >= 0.6 is 0 Å². The van der Waals surface area contributed by atoms with Crippen LogP contribution < -0.4 is 5.73 Å². The lowest BCUT2D eigenvalue weighted by Crippen LogP contribution is -2.52. The third-order valence-corrected chi connectivity index (χ3v) is 6.68. The van der Waals surface area contributed by atoms with E-state index in [9.17, 15) is 17.8 Å². The summed E-state index contributed by atoms with van der Waals surface area (Å²) in [6, 6.07) is 14.3. The summed E-state index contributed by atoms with van der Waals surface area (Å²) >= 11 is 0. The number of nitrogens with zero attached hydrogens (tertiary/aromatic N) is 1. The van der Waals surface area contributed by atoms with Crippen molar-refractivity contribution in [1.82, 2.24) is 4.90 Å². The molecule has 2 aromatic carbocycles. The molecule has 1 aliphatic heterocycles. The maximum absolute atomic E-state index is 12.9. The van der Waals surface area contributed by atoms with E-state index < -0.39 is 15.7 Å². The summed E-state index contributed by atoms with van der Waals surface area (Å²) in [7, 11) is -4.36. The van der Waals surface area contributed by atoms with Gasteiger partial charge in [0, 0.05) is 18.5 Å². The van der Waals surface area contributed by atoms with Crippen LogP contribution in [-0.2, 0) is 21.5 Å². The number of carbonyl (C=O) groups is 1. The van der Waals surface area contributed by atoms with Crippen LogP contribution in [0.4, 0.5) is 0 Å². The minimum Gasteiger partial charge on any atom is -0.333 e. The third-order valence-electron chi connectivity index (χ3n) is 5.75. The third kappa shape index (κ3) is 3.05. The molecule has 142 valence electrons. The van der Waals surface area contributed by atoms with Crippen molar-refractivity contribution in [3.05, 3.63) is 65.2 Å². The van der Waals surface area contributed by atoms with Gasteiger partial charge in [-0.1, -0.05) is 48.0 Å². The summed E-state index contributed by atoms with van der Waals surface area (Å²) in [6.45, 7) is 2.31. The molecule has 4 rings (SSSR count). The molecule has 3 unspecified atom stereocenters. The van der Waals surface area contributed by atoms with E-state index in [1.54, 1.807) is 17.0 Å². The van der Waals surface area contributed by atoms with Crippen LogP contribution in [0.15, 0.2) is 53.4 Å². The van der Waals surface area contributed by atoms with Gasteiger partial charge in [0.2, 0.25) is 5.91 Å². The second-order valence-corrected chi connectivity index (χ2v) is 9.06. The molecule has 1 saturated heterocycles. The summed E-state index contributed by atoms with van der Waals surface area (Å²) in [5, 5.41) is 0. The van der Waals surface area contributed by atoms with Crippen LogP contribution in [0.2, 0.25) is 0 Å². The van der Waals surface area contributed by atoms with Crippen LogP contribution in [0.5, 0.6) is 0 Å². The highest BCUT2D eigenvalue weighted by molar-refractivity contribution is 7.85. The molecule has 2 aromatic rings.